The summed E-state index contributed by atoms with van der Waals surface area (Å²) in [5.74, 6) is 0.488. The lowest BCUT2D eigenvalue weighted by molar-refractivity contribution is -0.162. The quantitative estimate of drug-likeness (QED) is 0.190. The number of nitrogens with zero attached hydrogens (tertiary/aromatic N) is 2. The van der Waals surface area contributed by atoms with Crippen molar-refractivity contribution in [1.82, 2.24) is 19.8 Å². The number of fused-ring (bicyclic) bond motifs is 9. The van der Waals surface area contributed by atoms with Crippen molar-refractivity contribution in [2.75, 3.05) is 40.9 Å². The van der Waals surface area contributed by atoms with Crippen LogP contribution in [0.1, 0.15) is 73.5 Å². The summed E-state index contributed by atoms with van der Waals surface area (Å²) in [7, 11) is 5.26. The zero-order valence-electron chi connectivity index (χ0n) is 30.1. The summed E-state index contributed by atoms with van der Waals surface area (Å²) in [6.07, 6.45) is 7.77. The van der Waals surface area contributed by atoms with E-state index in [4.69, 9.17) is 9.47 Å². The molecule has 6 aliphatic rings. The molecule has 4 aliphatic heterocycles. The van der Waals surface area contributed by atoms with E-state index in [0.717, 1.165) is 68.5 Å². The van der Waals surface area contributed by atoms with E-state index in [-0.39, 0.29) is 41.8 Å². The molecular formula is C42H50N4O4. The second-order valence-electron chi connectivity index (χ2n) is 15.9. The third kappa shape index (κ3) is 4.36. The SMILES string of the molecule is CC=C1CN(C)C2Cc3c([nH]c4ccccc34)C(c3cccc4c5c([nH]c34)C3(C(=O)OC)CC4CC(CC)C3N(CC5)C4)CC1C2C(=O)OC. The van der Waals surface area contributed by atoms with Crippen LogP contribution in [-0.4, -0.2) is 84.7 Å². The number of hydrogen-bond acceptors (Lipinski definition) is 6. The van der Waals surface area contributed by atoms with E-state index in [1.807, 2.05) is 0 Å². The Kier molecular flexibility index (Phi) is 7.59. The van der Waals surface area contributed by atoms with Crippen LogP contribution >= 0.6 is 0 Å². The highest BCUT2D eigenvalue weighted by Gasteiger charge is 2.63. The fourth-order valence-electron chi connectivity index (χ4n) is 11.9. The number of nitrogens with one attached hydrogen (secondary N) is 2. The number of piperidine rings is 3. The second kappa shape index (κ2) is 11.8. The number of ether oxygens (including phenoxy) is 2. The molecule has 6 heterocycles. The summed E-state index contributed by atoms with van der Waals surface area (Å²) < 4.78 is 11.3. The van der Waals surface area contributed by atoms with Gasteiger partial charge in [-0.05, 0) is 86.6 Å². The van der Waals surface area contributed by atoms with Gasteiger partial charge in [0.25, 0.3) is 0 Å². The molecule has 9 unspecified atom stereocenters. The molecule has 4 aromatic rings. The van der Waals surface area contributed by atoms with Gasteiger partial charge in [-0.2, -0.15) is 0 Å². The van der Waals surface area contributed by atoms with Gasteiger partial charge in [0.05, 0.1) is 20.1 Å². The number of likely N-dealkylation sites (tertiary alicyclic amines) is 1. The van der Waals surface area contributed by atoms with Crippen LogP contribution < -0.4 is 0 Å². The normalized spacial score (nSPS) is 34.1. The van der Waals surface area contributed by atoms with Crippen molar-refractivity contribution in [1.29, 1.82) is 0 Å². The maximum atomic E-state index is 14.3. The molecule has 6 bridgehead atoms. The van der Waals surface area contributed by atoms with Crippen molar-refractivity contribution < 1.29 is 19.1 Å². The first-order valence-electron chi connectivity index (χ1n) is 18.8. The molecule has 0 spiro atoms. The second-order valence-corrected chi connectivity index (χ2v) is 15.9. The number of benzene rings is 2. The van der Waals surface area contributed by atoms with Gasteiger partial charge in [-0.15, -0.1) is 0 Å². The zero-order valence-corrected chi connectivity index (χ0v) is 30.1. The Labute approximate surface area is 294 Å². The number of hydrogen-bond donors (Lipinski definition) is 2. The van der Waals surface area contributed by atoms with E-state index < -0.39 is 5.41 Å². The molecule has 2 aliphatic carbocycles. The van der Waals surface area contributed by atoms with Gasteiger partial charge in [0.2, 0.25) is 0 Å². The van der Waals surface area contributed by atoms with Crippen molar-refractivity contribution in [2.45, 2.75) is 75.8 Å². The van der Waals surface area contributed by atoms with Gasteiger partial charge in [0, 0.05) is 70.8 Å². The van der Waals surface area contributed by atoms with E-state index >= 15 is 0 Å². The molecule has 4 fully saturated rings. The number of carbonyl (C=O) groups is 2. The van der Waals surface area contributed by atoms with Crippen LogP contribution in [0.4, 0.5) is 0 Å². The van der Waals surface area contributed by atoms with Gasteiger partial charge >= 0.3 is 11.9 Å². The highest BCUT2D eigenvalue weighted by Crippen LogP contribution is 2.56. The first kappa shape index (κ1) is 32.1. The van der Waals surface area contributed by atoms with E-state index in [2.05, 4.69) is 89.2 Å². The fraction of sp³-hybridized carbons (Fsp3) is 0.524. The van der Waals surface area contributed by atoms with Crippen LogP contribution in [0.3, 0.4) is 0 Å². The van der Waals surface area contributed by atoms with E-state index in [9.17, 15) is 9.59 Å². The third-order valence-electron chi connectivity index (χ3n) is 13.9. The predicted molar refractivity (Wildman–Crippen MR) is 195 cm³/mol. The van der Waals surface area contributed by atoms with E-state index in [1.54, 1.807) is 7.11 Å². The minimum Gasteiger partial charge on any atom is -0.469 e. The number of carbonyl (C=O) groups excluding carboxylic acids is 2. The number of rotatable bonds is 4. The average molecular weight is 675 g/mol. The maximum absolute atomic E-state index is 14.3. The standard InChI is InChI=1S/C42H50N4O4/c1-6-24-17-23-20-42(41(48)50-5)38-29(15-16-46(21-23)39(24)42)27-12-10-13-28(36(27)44-38)31-18-30-25(7-2)22-45(3)34(35(30)40(47)49-4)19-32-26-11-8-9-14-33(26)43-37(31)32/h7-14,23-24,30-31,34-35,39,43-44H,6,15-22H2,1-5H3. The average Bonchev–Trinajstić information content (AvgIpc) is 3.67. The Balaban J connectivity index is 1.28. The molecule has 9 atom stereocenters. The largest absolute Gasteiger partial charge is 0.469 e. The Morgan fingerprint density at radius 1 is 1.02 bits per heavy atom. The van der Waals surface area contributed by atoms with Crippen LogP contribution in [0.25, 0.3) is 21.8 Å². The number of likely N-dealkylation sites (N-methyl/N-ethyl adjacent to an activating group) is 1. The van der Waals surface area contributed by atoms with Gasteiger partial charge in [0.1, 0.15) is 5.41 Å². The van der Waals surface area contributed by atoms with Crippen LogP contribution in [0, 0.1) is 23.7 Å². The molecule has 262 valence electrons. The number of methoxy groups -OCH3 is 2. The maximum Gasteiger partial charge on any atom is 0.319 e. The Bertz CT molecular complexity index is 2040. The first-order chi connectivity index (χ1) is 24.3. The van der Waals surface area contributed by atoms with Crippen molar-refractivity contribution in [3.8, 4) is 0 Å². The number of para-hydroxylation sites is 2. The summed E-state index contributed by atoms with van der Waals surface area (Å²) in [4.78, 5) is 41.0. The van der Waals surface area contributed by atoms with E-state index in [1.165, 1.54) is 52.3 Å². The number of esters is 2. The smallest absolute Gasteiger partial charge is 0.319 e. The third-order valence-corrected chi connectivity index (χ3v) is 13.9. The zero-order chi connectivity index (χ0) is 34.5. The Morgan fingerprint density at radius 2 is 1.84 bits per heavy atom. The molecule has 10 rings (SSSR count). The molecular weight excluding hydrogens is 624 g/mol. The molecule has 2 aromatic heterocycles. The molecule has 0 radical (unpaired) electrons. The van der Waals surface area contributed by atoms with Crippen LogP contribution in [0.2, 0.25) is 0 Å². The summed E-state index contributed by atoms with van der Waals surface area (Å²) in [5.41, 5.74) is 8.97. The minimum atomic E-state index is -0.707. The number of aromatic nitrogens is 2. The topological polar surface area (TPSA) is 90.7 Å². The van der Waals surface area contributed by atoms with Crippen LogP contribution in [0.5, 0.6) is 0 Å². The van der Waals surface area contributed by atoms with Crippen molar-refractivity contribution in [3.63, 3.8) is 0 Å². The van der Waals surface area contributed by atoms with Crippen LogP contribution in [0.15, 0.2) is 54.1 Å². The van der Waals surface area contributed by atoms with Crippen molar-refractivity contribution in [3.05, 3.63) is 82.2 Å². The Hall–Kier alpha value is -3.88. The van der Waals surface area contributed by atoms with Crippen LogP contribution in [-0.2, 0) is 37.3 Å². The Morgan fingerprint density at radius 3 is 2.62 bits per heavy atom. The molecule has 1 saturated carbocycles. The molecule has 2 aromatic carbocycles. The molecule has 0 amide bonds. The summed E-state index contributed by atoms with van der Waals surface area (Å²) in [5, 5.41) is 2.44. The van der Waals surface area contributed by atoms with Crippen molar-refractivity contribution >= 4 is 33.7 Å². The van der Waals surface area contributed by atoms with Gasteiger partial charge in [0.15, 0.2) is 0 Å². The highest BCUT2D eigenvalue weighted by molar-refractivity contribution is 5.94. The molecule has 50 heavy (non-hydrogen) atoms. The summed E-state index contributed by atoms with van der Waals surface area (Å²) >= 11 is 0. The minimum absolute atomic E-state index is 0.00312. The number of allylic oxidation sites excluding steroid dienone is 1. The van der Waals surface area contributed by atoms with Gasteiger partial charge in [-0.25, -0.2) is 0 Å². The number of aromatic amines is 2. The monoisotopic (exact) mass is 674 g/mol. The molecule has 3 saturated heterocycles. The molecule has 2 N–H and O–H groups in total. The lowest BCUT2D eigenvalue weighted by Crippen LogP contribution is -2.67. The van der Waals surface area contributed by atoms with E-state index in [0.29, 0.717) is 11.8 Å². The van der Waals surface area contributed by atoms with Gasteiger partial charge in [-0.3, -0.25) is 19.4 Å². The summed E-state index contributed by atoms with van der Waals surface area (Å²) in [6.45, 7) is 7.27. The lowest BCUT2D eigenvalue weighted by Gasteiger charge is -2.57. The first-order valence-corrected chi connectivity index (χ1v) is 18.8. The predicted octanol–water partition coefficient (Wildman–Crippen LogP) is 6.48. The highest BCUT2D eigenvalue weighted by atomic mass is 16.5. The lowest BCUT2D eigenvalue weighted by atomic mass is 9.56. The van der Waals surface area contributed by atoms with Gasteiger partial charge < -0.3 is 19.4 Å². The number of H-pyrrole nitrogens is 2. The summed E-state index contributed by atoms with van der Waals surface area (Å²) in [6, 6.07) is 15.5. The van der Waals surface area contributed by atoms with Gasteiger partial charge in [-0.1, -0.05) is 61.4 Å². The fourth-order valence-corrected chi connectivity index (χ4v) is 11.9. The molecule has 8 nitrogen and oxygen atoms in total. The molecule has 8 heteroatoms. The van der Waals surface area contributed by atoms with Crippen molar-refractivity contribution in [2.24, 2.45) is 23.7 Å².